The number of carbonyl (C=O) groups excluding carboxylic acids is 1. The molecule has 2 rings (SSSR count). The van der Waals surface area contributed by atoms with Gasteiger partial charge in [-0.1, -0.05) is 36.0 Å². The predicted octanol–water partition coefficient (Wildman–Crippen LogP) is 3.65. The van der Waals surface area contributed by atoms with Crippen LogP contribution in [-0.2, 0) is 33.2 Å². The molecule has 2 aromatic rings. The Bertz CT molecular complexity index is 1040. The molecule has 0 aliphatic rings. The molecule has 1 aromatic carbocycles. The van der Waals surface area contributed by atoms with Gasteiger partial charge in [-0.2, -0.15) is 4.98 Å². The van der Waals surface area contributed by atoms with E-state index in [1.807, 2.05) is 0 Å². The third kappa shape index (κ3) is 11.4. The van der Waals surface area contributed by atoms with Crippen LogP contribution in [0.1, 0.15) is 12.7 Å². The van der Waals surface area contributed by atoms with Crippen molar-refractivity contribution in [3.8, 4) is 11.5 Å². The number of benzene rings is 1. The highest BCUT2D eigenvalue weighted by atomic mass is 19.1. The Hall–Kier alpha value is -3.22. The lowest BCUT2D eigenvalue weighted by atomic mass is 10.1. The maximum Gasteiger partial charge on any atom is 0.337 e. The largest absolute Gasteiger partial charge is 0.460 e. The molecule has 0 saturated carbocycles. The van der Waals surface area contributed by atoms with Gasteiger partial charge in [-0.3, -0.25) is 0 Å². The summed E-state index contributed by atoms with van der Waals surface area (Å²) in [5, 5.41) is 3.88. The number of allylic oxidation sites excluding steroid dienone is 3. The summed E-state index contributed by atoms with van der Waals surface area (Å²) in [7, 11) is 1.62. The number of aromatic nitrogens is 2. The molecule has 0 aliphatic carbocycles. The predicted molar refractivity (Wildman–Crippen MR) is 138 cm³/mol. The van der Waals surface area contributed by atoms with Crippen molar-refractivity contribution in [1.29, 1.82) is 0 Å². The topological polar surface area (TPSA) is 111 Å². The van der Waals surface area contributed by atoms with Crippen LogP contribution in [0.3, 0.4) is 0 Å². The smallest absolute Gasteiger partial charge is 0.337 e. The van der Waals surface area contributed by atoms with E-state index in [2.05, 4.69) is 16.7 Å². The molecular formula is C27H35FN2O8. The minimum Gasteiger partial charge on any atom is -0.460 e. The molecule has 38 heavy (non-hydrogen) atoms. The fourth-order valence-corrected chi connectivity index (χ4v) is 2.91. The van der Waals surface area contributed by atoms with Gasteiger partial charge in [0.05, 0.1) is 70.6 Å². The van der Waals surface area contributed by atoms with E-state index in [1.54, 1.807) is 32.2 Å². The number of methoxy groups -OCH3 is 1. The summed E-state index contributed by atoms with van der Waals surface area (Å²) in [5.74, 6) is -0.849. The Labute approximate surface area is 222 Å². The third-order valence-corrected chi connectivity index (χ3v) is 4.87. The SMILES string of the molecule is C=C/C(=C\C(=C/C)C(=O)OCCOCCOCCOCCOCCOC)c1noc(-c2ccccc2F)n1. The number of nitrogens with zero attached hydrogens (tertiary/aromatic N) is 2. The highest BCUT2D eigenvalue weighted by Gasteiger charge is 2.16. The van der Waals surface area contributed by atoms with E-state index in [-0.39, 0.29) is 36.1 Å². The second kappa shape index (κ2) is 18.9. The zero-order valence-corrected chi connectivity index (χ0v) is 21.9. The van der Waals surface area contributed by atoms with Crippen LogP contribution >= 0.6 is 0 Å². The van der Waals surface area contributed by atoms with Crippen molar-refractivity contribution in [2.45, 2.75) is 6.92 Å². The summed E-state index contributed by atoms with van der Waals surface area (Å²) < 4.78 is 50.8. The molecule has 10 nitrogen and oxygen atoms in total. The maximum atomic E-state index is 14.0. The van der Waals surface area contributed by atoms with Crippen molar-refractivity contribution in [3.05, 3.63) is 66.3 Å². The molecule has 1 heterocycles. The summed E-state index contributed by atoms with van der Waals surface area (Å²) in [6.45, 7) is 9.50. The van der Waals surface area contributed by atoms with Crippen LogP contribution in [-0.4, -0.2) is 89.3 Å². The van der Waals surface area contributed by atoms with Crippen LogP contribution < -0.4 is 0 Å². The second-order valence-corrected chi connectivity index (χ2v) is 7.53. The maximum absolute atomic E-state index is 14.0. The molecule has 0 atom stereocenters. The molecule has 0 bridgehead atoms. The summed E-state index contributed by atoms with van der Waals surface area (Å²) >= 11 is 0. The molecule has 0 spiro atoms. The number of ether oxygens (including phenoxy) is 6. The Morgan fingerprint density at radius 1 is 0.947 bits per heavy atom. The van der Waals surface area contributed by atoms with Gasteiger partial charge in [0.2, 0.25) is 5.82 Å². The normalized spacial score (nSPS) is 12.1. The number of halogens is 1. The number of rotatable bonds is 20. The van der Waals surface area contributed by atoms with Crippen LogP contribution in [0.4, 0.5) is 4.39 Å². The van der Waals surface area contributed by atoms with Gasteiger partial charge in [-0.25, -0.2) is 9.18 Å². The first kappa shape index (κ1) is 31.0. The zero-order chi connectivity index (χ0) is 27.4. The van der Waals surface area contributed by atoms with Gasteiger partial charge in [-0.05, 0) is 25.1 Å². The first-order valence-corrected chi connectivity index (χ1v) is 12.2. The van der Waals surface area contributed by atoms with E-state index in [0.29, 0.717) is 58.4 Å². The van der Waals surface area contributed by atoms with Crippen LogP contribution in [0.15, 0.2) is 59.2 Å². The Morgan fingerprint density at radius 2 is 1.53 bits per heavy atom. The standard InChI is InChI=1S/C27H35FN2O8/c1-4-21(25-29-26(38-30-25)23-8-6-7-9-24(23)28)20-22(5-2)27(31)37-19-18-36-17-16-35-15-14-34-13-12-33-11-10-32-3/h4-9,20H,1,10-19H2,2-3H3/b21-20+,22-5+. The minimum absolute atomic E-state index is 0.0208. The van der Waals surface area contributed by atoms with Crippen molar-refractivity contribution in [2.24, 2.45) is 0 Å². The first-order valence-electron chi connectivity index (χ1n) is 12.2. The van der Waals surface area contributed by atoms with E-state index in [9.17, 15) is 9.18 Å². The number of esters is 1. The van der Waals surface area contributed by atoms with Crippen LogP contribution in [0, 0.1) is 5.82 Å². The van der Waals surface area contributed by atoms with Crippen LogP contribution in [0.5, 0.6) is 0 Å². The molecule has 0 radical (unpaired) electrons. The van der Waals surface area contributed by atoms with Gasteiger partial charge in [0.25, 0.3) is 5.89 Å². The molecule has 0 unspecified atom stereocenters. The van der Waals surface area contributed by atoms with Gasteiger partial charge in [-0.15, -0.1) is 0 Å². The lowest BCUT2D eigenvalue weighted by molar-refractivity contribution is -0.140. The summed E-state index contributed by atoms with van der Waals surface area (Å²) in [5.41, 5.74) is 0.862. The van der Waals surface area contributed by atoms with Crippen LogP contribution in [0.25, 0.3) is 17.0 Å². The Kier molecular flexibility index (Phi) is 15.4. The zero-order valence-electron chi connectivity index (χ0n) is 21.9. The van der Waals surface area contributed by atoms with E-state index in [1.165, 1.54) is 24.3 Å². The number of hydrogen-bond acceptors (Lipinski definition) is 10. The highest BCUT2D eigenvalue weighted by molar-refractivity contribution is 5.94. The molecule has 0 fully saturated rings. The average molecular weight is 535 g/mol. The molecule has 0 N–H and O–H groups in total. The van der Waals surface area contributed by atoms with E-state index in [0.717, 1.165) is 0 Å². The molecule has 0 amide bonds. The van der Waals surface area contributed by atoms with Crippen molar-refractivity contribution >= 4 is 11.5 Å². The molecule has 208 valence electrons. The lowest BCUT2D eigenvalue weighted by Gasteiger charge is -2.08. The summed E-state index contributed by atoms with van der Waals surface area (Å²) in [4.78, 5) is 16.7. The van der Waals surface area contributed by atoms with Gasteiger partial charge >= 0.3 is 5.97 Å². The van der Waals surface area contributed by atoms with Crippen molar-refractivity contribution in [1.82, 2.24) is 10.1 Å². The number of carbonyl (C=O) groups is 1. The van der Waals surface area contributed by atoms with Gasteiger partial charge in [0.15, 0.2) is 0 Å². The lowest BCUT2D eigenvalue weighted by Crippen LogP contribution is -2.15. The molecular weight excluding hydrogens is 499 g/mol. The first-order chi connectivity index (χ1) is 18.6. The van der Waals surface area contributed by atoms with E-state index < -0.39 is 11.8 Å². The molecule has 11 heteroatoms. The Balaban J connectivity index is 1.65. The van der Waals surface area contributed by atoms with Crippen molar-refractivity contribution in [3.63, 3.8) is 0 Å². The van der Waals surface area contributed by atoms with Gasteiger partial charge in [0.1, 0.15) is 12.4 Å². The molecule has 0 saturated heterocycles. The van der Waals surface area contributed by atoms with E-state index >= 15 is 0 Å². The van der Waals surface area contributed by atoms with Gasteiger partial charge < -0.3 is 32.9 Å². The van der Waals surface area contributed by atoms with Crippen molar-refractivity contribution in [2.75, 3.05) is 73.2 Å². The number of hydrogen-bond donors (Lipinski definition) is 0. The minimum atomic E-state index is -0.548. The summed E-state index contributed by atoms with van der Waals surface area (Å²) in [6.07, 6.45) is 4.58. The molecule has 0 aliphatic heterocycles. The van der Waals surface area contributed by atoms with Crippen LogP contribution in [0.2, 0.25) is 0 Å². The summed E-state index contributed by atoms with van der Waals surface area (Å²) in [6, 6.07) is 6.06. The fraction of sp³-hybridized carbons (Fsp3) is 0.444. The fourth-order valence-electron chi connectivity index (χ4n) is 2.91. The third-order valence-electron chi connectivity index (χ3n) is 4.87. The van der Waals surface area contributed by atoms with E-state index in [4.69, 9.17) is 32.9 Å². The van der Waals surface area contributed by atoms with Gasteiger partial charge in [0, 0.05) is 12.7 Å². The van der Waals surface area contributed by atoms with Crippen molar-refractivity contribution < 1.29 is 42.1 Å². The monoisotopic (exact) mass is 534 g/mol. The molecule has 1 aromatic heterocycles. The second-order valence-electron chi connectivity index (χ2n) is 7.53. The highest BCUT2D eigenvalue weighted by Crippen LogP contribution is 2.23. The average Bonchev–Trinajstić information content (AvgIpc) is 3.41. The Morgan fingerprint density at radius 3 is 2.08 bits per heavy atom. The quantitative estimate of drug-likeness (QED) is 0.108.